The number of carbonyl (C=O) groups is 1. The zero-order valence-electron chi connectivity index (χ0n) is 25.8. The van der Waals surface area contributed by atoms with E-state index < -0.39 is 11.6 Å². The molecule has 0 bridgehead atoms. The van der Waals surface area contributed by atoms with Crippen LogP contribution in [0.25, 0.3) is 33.7 Å². The maximum Gasteiger partial charge on any atom is 0.407 e. The number of amides is 1. The van der Waals surface area contributed by atoms with Gasteiger partial charge in [-0.3, -0.25) is 9.69 Å². The molecule has 0 aliphatic heterocycles. The summed E-state index contributed by atoms with van der Waals surface area (Å²) in [6.45, 7) is 10.2. The monoisotopic (exact) mass is 606 g/mol. The molecular formula is C32H38N4O6S. The summed E-state index contributed by atoms with van der Waals surface area (Å²) in [5, 5.41) is 10.3. The van der Waals surface area contributed by atoms with Gasteiger partial charge in [0.25, 0.3) is 5.56 Å². The van der Waals surface area contributed by atoms with E-state index in [4.69, 9.17) is 19.2 Å². The van der Waals surface area contributed by atoms with Gasteiger partial charge in [0, 0.05) is 28.1 Å². The van der Waals surface area contributed by atoms with Crippen LogP contribution in [0.4, 0.5) is 4.79 Å². The van der Waals surface area contributed by atoms with Crippen LogP contribution >= 0.6 is 11.8 Å². The summed E-state index contributed by atoms with van der Waals surface area (Å²) in [6.07, 6.45) is 0.992. The van der Waals surface area contributed by atoms with Crippen LogP contribution in [0, 0.1) is 5.41 Å². The fourth-order valence-corrected chi connectivity index (χ4v) is 4.94. The molecule has 0 radical (unpaired) electrons. The topological polar surface area (TPSA) is 127 Å². The molecule has 0 saturated heterocycles. The van der Waals surface area contributed by atoms with Crippen molar-refractivity contribution in [1.82, 2.24) is 19.9 Å². The molecule has 228 valence electrons. The molecule has 2 aromatic heterocycles. The zero-order chi connectivity index (χ0) is 31.5. The highest BCUT2D eigenvalue weighted by Crippen LogP contribution is 2.36. The third kappa shape index (κ3) is 6.56. The van der Waals surface area contributed by atoms with E-state index in [0.29, 0.717) is 39.5 Å². The number of carboxylic acid groups (broad SMARTS) is 1. The fourth-order valence-electron chi connectivity index (χ4n) is 4.53. The number of hydrogen-bond donors (Lipinski definition) is 2. The Morgan fingerprint density at radius 1 is 0.977 bits per heavy atom. The van der Waals surface area contributed by atoms with Crippen molar-refractivity contribution in [2.75, 3.05) is 33.6 Å². The second-order valence-corrected chi connectivity index (χ2v) is 12.4. The van der Waals surface area contributed by atoms with E-state index in [9.17, 15) is 14.7 Å². The first kappa shape index (κ1) is 31.7. The summed E-state index contributed by atoms with van der Waals surface area (Å²) in [4.78, 5) is 40.2. The van der Waals surface area contributed by atoms with Gasteiger partial charge in [0.05, 0.1) is 26.3 Å². The van der Waals surface area contributed by atoms with Crippen LogP contribution in [0.1, 0.15) is 34.6 Å². The maximum absolute atomic E-state index is 13.1. The van der Waals surface area contributed by atoms with E-state index in [-0.39, 0.29) is 30.0 Å². The summed E-state index contributed by atoms with van der Waals surface area (Å²) < 4.78 is 17.0. The Balaban J connectivity index is 1.75. The summed E-state index contributed by atoms with van der Waals surface area (Å²) in [5.74, 6) is 1.60. The first-order valence-electron chi connectivity index (χ1n) is 13.8. The summed E-state index contributed by atoms with van der Waals surface area (Å²) in [6, 6.07) is 14.7. The molecule has 0 atom stereocenters. The van der Waals surface area contributed by atoms with E-state index >= 15 is 0 Å². The third-order valence-corrected chi connectivity index (χ3v) is 8.72. The lowest BCUT2D eigenvalue weighted by molar-refractivity contribution is 0.0201. The Morgan fingerprint density at radius 2 is 1.67 bits per heavy atom. The number of nitrogens with zero attached hydrogens (tertiary/aromatic N) is 3. The van der Waals surface area contributed by atoms with Crippen molar-refractivity contribution in [3.63, 3.8) is 0 Å². The van der Waals surface area contributed by atoms with Gasteiger partial charge in [0.2, 0.25) is 0 Å². The number of hydrogen-bond acceptors (Lipinski definition) is 8. The Morgan fingerprint density at radius 3 is 2.26 bits per heavy atom. The first-order chi connectivity index (χ1) is 20.3. The third-order valence-electron chi connectivity index (χ3n) is 7.98. The van der Waals surface area contributed by atoms with Crippen LogP contribution in [0.2, 0.25) is 0 Å². The van der Waals surface area contributed by atoms with E-state index in [1.807, 2.05) is 65.1 Å². The fraction of sp³-hybridized carbons (Fsp3) is 0.375. The average Bonchev–Trinajstić information content (AvgIpc) is 2.97. The lowest BCUT2D eigenvalue weighted by atomic mass is 9.75. The number of fused-ring (bicyclic) bond motifs is 1. The average molecular weight is 607 g/mol. The van der Waals surface area contributed by atoms with Crippen molar-refractivity contribution in [2.45, 2.75) is 45.1 Å². The van der Waals surface area contributed by atoms with E-state index in [0.717, 1.165) is 10.5 Å². The van der Waals surface area contributed by atoms with Crippen LogP contribution in [-0.2, 0) is 0 Å². The maximum atomic E-state index is 13.1. The first-order valence-corrected chi connectivity index (χ1v) is 15.0. The molecule has 0 saturated carbocycles. The summed E-state index contributed by atoms with van der Waals surface area (Å²) >= 11 is 1.63. The van der Waals surface area contributed by atoms with Crippen molar-refractivity contribution in [1.29, 1.82) is 0 Å². The van der Waals surface area contributed by atoms with Crippen LogP contribution in [0.15, 0.2) is 58.2 Å². The number of methoxy groups -OCH3 is 2. The number of aromatic nitrogens is 3. The van der Waals surface area contributed by atoms with E-state index in [2.05, 4.69) is 9.97 Å². The number of rotatable bonds is 10. The highest BCUT2D eigenvalue weighted by atomic mass is 32.2. The highest BCUT2D eigenvalue weighted by Gasteiger charge is 2.41. The number of ether oxygens (including phenoxy) is 3. The van der Waals surface area contributed by atoms with Crippen LogP contribution in [0.3, 0.4) is 0 Å². The standard InChI is InChI=1S/C32H38N4O6S/c1-31(2,3)32(4,5)36(30(38)39)15-16-42-24-14-13-22(33-27(24)19-9-11-21(43-8)12-10-19)28-34-23-17-20(40-6)18-25(41-7)26(23)29(37)35-28/h9-14,17-18H,15-16H2,1-8H3,(H,38,39)(H,34,35,37). The predicted molar refractivity (Wildman–Crippen MR) is 170 cm³/mol. The van der Waals surface area contributed by atoms with Crippen LogP contribution < -0.4 is 19.8 Å². The molecule has 10 nitrogen and oxygen atoms in total. The van der Waals surface area contributed by atoms with E-state index in [1.165, 1.54) is 19.1 Å². The van der Waals surface area contributed by atoms with Gasteiger partial charge in [-0.1, -0.05) is 32.9 Å². The number of H-pyrrole nitrogens is 1. The number of benzene rings is 2. The minimum Gasteiger partial charge on any atom is -0.497 e. The molecule has 0 aliphatic carbocycles. The molecule has 43 heavy (non-hydrogen) atoms. The molecular weight excluding hydrogens is 568 g/mol. The Labute approximate surface area is 255 Å². The molecule has 2 aromatic carbocycles. The van der Waals surface area contributed by atoms with Crippen LogP contribution in [0.5, 0.6) is 17.2 Å². The van der Waals surface area contributed by atoms with E-state index in [1.54, 1.807) is 36.0 Å². The minimum absolute atomic E-state index is 0.118. The molecule has 1 amide bonds. The quantitative estimate of drug-likeness (QED) is 0.193. The van der Waals surface area contributed by atoms with Gasteiger partial charge in [-0.15, -0.1) is 11.8 Å². The number of aromatic amines is 1. The zero-order valence-corrected chi connectivity index (χ0v) is 26.6. The van der Waals surface area contributed by atoms with Gasteiger partial charge in [-0.2, -0.15) is 0 Å². The molecule has 2 N–H and O–H groups in total. The van der Waals surface area contributed by atoms with Gasteiger partial charge in [-0.25, -0.2) is 14.8 Å². The molecule has 11 heteroatoms. The van der Waals surface area contributed by atoms with Gasteiger partial charge < -0.3 is 24.3 Å². The molecule has 0 unspecified atom stereocenters. The highest BCUT2D eigenvalue weighted by molar-refractivity contribution is 7.98. The van der Waals surface area contributed by atoms with Crippen molar-refractivity contribution in [3.8, 4) is 40.0 Å². The minimum atomic E-state index is -1.01. The van der Waals surface area contributed by atoms with Crippen LogP contribution in [-0.4, -0.2) is 70.2 Å². The van der Waals surface area contributed by atoms with Crippen molar-refractivity contribution >= 4 is 28.8 Å². The smallest absolute Gasteiger partial charge is 0.407 e. The van der Waals surface area contributed by atoms with Gasteiger partial charge in [-0.05, 0) is 49.8 Å². The van der Waals surface area contributed by atoms with Crippen molar-refractivity contribution in [2.24, 2.45) is 5.41 Å². The molecule has 0 spiro atoms. The Kier molecular flexibility index (Phi) is 9.24. The summed E-state index contributed by atoms with van der Waals surface area (Å²) in [5.41, 5.74) is 0.856. The second-order valence-electron chi connectivity index (χ2n) is 11.5. The second kappa shape index (κ2) is 12.5. The van der Waals surface area contributed by atoms with Gasteiger partial charge in [0.1, 0.15) is 40.6 Å². The number of thioether (sulfide) groups is 1. The largest absolute Gasteiger partial charge is 0.497 e. The van der Waals surface area contributed by atoms with Crippen molar-refractivity contribution in [3.05, 3.63) is 58.9 Å². The van der Waals surface area contributed by atoms with Crippen molar-refractivity contribution < 1.29 is 24.1 Å². The van der Waals surface area contributed by atoms with Gasteiger partial charge in [0.15, 0.2) is 5.82 Å². The molecule has 0 aliphatic rings. The predicted octanol–water partition coefficient (Wildman–Crippen LogP) is 6.57. The SMILES string of the molecule is COc1cc(OC)c2c(=O)[nH]c(-c3ccc(OCCN(C(=O)O)C(C)(C)C(C)(C)C)c(-c4ccc(SC)cc4)n3)nc2c1. The lowest BCUT2D eigenvalue weighted by Gasteiger charge is -2.46. The Bertz CT molecular complexity index is 1680. The lowest BCUT2D eigenvalue weighted by Crippen LogP contribution is -2.56. The Hall–Kier alpha value is -4.25. The number of nitrogens with one attached hydrogen (secondary N) is 1. The van der Waals surface area contributed by atoms with Gasteiger partial charge >= 0.3 is 6.09 Å². The normalized spacial score (nSPS) is 11.8. The molecule has 4 rings (SSSR count). The molecule has 4 aromatic rings. The summed E-state index contributed by atoms with van der Waals surface area (Å²) in [7, 11) is 3.01. The molecule has 0 fully saturated rings. The molecule has 2 heterocycles. The number of pyridine rings is 1.